The molecule has 1 atom stereocenters. The first-order valence-corrected chi connectivity index (χ1v) is 11.4. The number of fused-ring (bicyclic) bond motifs is 1. The zero-order valence-corrected chi connectivity index (χ0v) is 18.3. The molecule has 3 heterocycles. The zero-order valence-electron chi connectivity index (χ0n) is 17.5. The average Bonchev–Trinajstić information content (AvgIpc) is 3.42. The first-order chi connectivity index (χ1) is 14.6. The van der Waals surface area contributed by atoms with E-state index in [1.807, 2.05) is 39.9 Å². The summed E-state index contributed by atoms with van der Waals surface area (Å²) in [5, 5.41) is 5.45. The summed E-state index contributed by atoms with van der Waals surface area (Å²) < 4.78 is 1.89. The second kappa shape index (κ2) is 9.21. The summed E-state index contributed by atoms with van der Waals surface area (Å²) in [4.78, 5) is 29.5. The van der Waals surface area contributed by atoms with Crippen LogP contribution in [0.1, 0.15) is 62.0 Å². The van der Waals surface area contributed by atoms with E-state index in [4.69, 9.17) is 16.7 Å². The van der Waals surface area contributed by atoms with Gasteiger partial charge in [-0.25, -0.2) is 0 Å². The predicted octanol–water partition coefficient (Wildman–Crippen LogP) is 4.40. The fourth-order valence-electron chi connectivity index (χ4n) is 4.38. The van der Waals surface area contributed by atoms with Crippen LogP contribution in [0.4, 0.5) is 0 Å². The van der Waals surface area contributed by atoms with Crippen LogP contribution in [-0.4, -0.2) is 57.6 Å². The van der Waals surface area contributed by atoms with Gasteiger partial charge < -0.3 is 9.80 Å². The first kappa shape index (κ1) is 20.9. The molecule has 2 aliphatic heterocycles. The van der Waals surface area contributed by atoms with Crippen LogP contribution >= 0.6 is 11.6 Å². The largest absolute Gasteiger partial charge is 0.341 e. The SMILES string of the molecule is CCCCCC1CN(CC(=O)N2CCCC2)C(=O)c2cc(-c3ccc(Cl)cc3)nn21. The van der Waals surface area contributed by atoms with Gasteiger partial charge in [0.15, 0.2) is 0 Å². The van der Waals surface area contributed by atoms with Crippen LogP contribution in [0.3, 0.4) is 0 Å². The minimum absolute atomic E-state index is 0.0547. The highest BCUT2D eigenvalue weighted by atomic mass is 35.5. The van der Waals surface area contributed by atoms with Gasteiger partial charge in [0.1, 0.15) is 12.2 Å². The van der Waals surface area contributed by atoms with E-state index in [2.05, 4.69) is 6.92 Å². The molecule has 1 aromatic carbocycles. The van der Waals surface area contributed by atoms with Crippen molar-refractivity contribution in [3.05, 3.63) is 41.0 Å². The fraction of sp³-hybridized carbons (Fsp3) is 0.522. The van der Waals surface area contributed by atoms with E-state index in [-0.39, 0.29) is 24.4 Å². The molecule has 0 saturated carbocycles. The molecule has 1 unspecified atom stereocenters. The van der Waals surface area contributed by atoms with E-state index in [9.17, 15) is 9.59 Å². The van der Waals surface area contributed by atoms with Gasteiger partial charge in [-0.05, 0) is 37.5 Å². The Balaban J connectivity index is 1.59. The number of unbranched alkanes of at least 4 members (excludes halogenated alkanes) is 2. The maximum absolute atomic E-state index is 13.2. The number of rotatable bonds is 7. The van der Waals surface area contributed by atoms with E-state index < -0.39 is 0 Å². The maximum atomic E-state index is 13.2. The van der Waals surface area contributed by atoms with Gasteiger partial charge in [0.05, 0.1) is 11.7 Å². The molecule has 1 aromatic heterocycles. The Morgan fingerprint density at radius 3 is 2.60 bits per heavy atom. The van der Waals surface area contributed by atoms with Crippen LogP contribution in [0, 0.1) is 0 Å². The van der Waals surface area contributed by atoms with E-state index in [1.54, 1.807) is 4.90 Å². The highest BCUT2D eigenvalue weighted by Gasteiger charge is 2.34. The average molecular weight is 429 g/mol. The summed E-state index contributed by atoms with van der Waals surface area (Å²) in [5.74, 6) is -0.0546. The van der Waals surface area contributed by atoms with Crippen molar-refractivity contribution in [2.24, 2.45) is 0 Å². The Morgan fingerprint density at radius 1 is 1.17 bits per heavy atom. The summed E-state index contributed by atoms with van der Waals surface area (Å²) in [6, 6.07) is 9.44. The fourth-order valence-corrected chi connectivity index (χ4v) is 4.51. The topological polar surface area (TPSA) is 58.4 Å². The number of carbonyl (C=O) groups excluding carboxylic acids is 2. The van der Waals surface area contributed by atoms with E-state index in [1.165, 1.54) is 0 Å². The second-order valence-electron chi connectivity index (χ2n) is 8.29. The van der Waals surface area contributed by atoms with Crippen molar-refractivity contribution in [3.63, 3.8) is 0 Å². The Labute approximate surface area is 182 Å². The molecule has 30 heavy (non-hydrogen) atoms. The molecule has 2 aliphatic rings. The molecule has 0 spiro atoms. The van der Waals surface area contributed by atoms with Crippen LogP contribution in [0.25, 0.3) is 11.3 Å². The van der Waals surface area contributed by atoms with E-state index in [0.29, 0.717) is 17.3 Å². The molecule has 0 aliphatic carbocycles. The van der Waals surface area contributed by atoms with Gasteiger partial charge >= 0.3 is 0 Å². The molecule has 0 bridgehead atoms. The van der Waals surface area contributed by atoms with Gasteiger partial charge in [0, 0.05) is 30.2 Å². The van der Waals surface area contributed by atoms with Crippen molar-refractivity contribution in [3.8, 4) is 11.3 Å². The van der Waals surface area contributed by atoms with Crippen LogP contribution in [-0.2, 0) is 4.79 Å². The molecule has 1 saturated heterocycles. The molecular formula is C23H29ClN4O2. The molecule has 2 amide bonds. The number of hydrogen-bond acceptors (Lipinski definition) is 3. The van der Waals surface area contributed by atoms with Gasteiger partial charge in [0.2, 0.25) is 5.91 Å². The third kappa shape index (κ3) is 4.38. The Hall–Kier alpha value is -2.34. The summed E-state index contributed by atoms with van der Waals surface area (Å²) in [7, 11) is 0. The molecule has 7 heteroatoms. The monoisotopic (exact) mass is 428 g/mol. The number of carbonyl (C=O) groups is 2. The lowest BCUT2D eigenvalue weighted by molar-refractivity contribution is -0.131. The van der Waals surface area contributed by atoms with Crippen LogP contribution < -0.4 is 0 Å². The number of likely N-dealkylation sites (tertiary alicyclic amines) is 1. The second-order valence-corrected chi connectivity index (χ2v) is 8.73. The quantitative estimate of drug-likeness (QED) is 0.614. The molecule has 0 N–H and O–H groups in total. The normalized spacial score (nSPS) is 18.7. The number of aromatic nitrogens is 2. The van der Waals surface area contributed by atoms with Crippen molar-refractivity contribution in [1.29, 1.82) is 0 Å². The van der Waals surface area contributed by atoms with Crippen LogP contribution in [0.5, 0.6) is 0 Å². The van der Waals surface area contributed by atoms with E-state index >= 15 is 0 Å². The van der Waals surface area contributed by atoms with Gasteiger partial charge in [-0.15, -0.1) is 0 Å². The van der Waals surface area contributed by atoms with Crippen molar-refractivity contribution in [2.75, 3.05) is 26.2 Å². The smallest absolute Gasteiger partial charge is 0.272 e. The van der Waals surface area contributed by atoms with Crippen molar-refractivity contribution < 1.29 is 9.59 Å². The standard InChI is InChI=1S/C23H29ClN4O2/c1-2-3-4-7-19-15-27(16-22(29)26-12-5-6-13-26)23(30)21-14-20(25-28(19)21)17-8-10-18(24)11-9-17/h8-11,14,19H,2-7,12-13,15-16H2,1H3. The Kier molecular flexibility index (Phi) is 6.42. The highest BCUT2D eigenvalue weighted by Crippen LogP contribution is 2.30. The molecular weight excluding hydrogens is 400 g/mol. The number of halogens is 1. The molecule has 2 aromatic rings. The molecule has 4 rings (SSSR count). The lowest BCUT2D eigenvalue weighted by Crippen LogP contribution is -2.48. The number of hydrogen-bond donors (Lipinski definition) is 0. The maximum Gasteiger partial charge on any atom is 0.272 e. The van der Waals surface area contributed by atoms with Crippen molar-refractivity contribution in [2.45, 2.75) is 51.5 Å². The minimum Gasteiger partial charge on any atom is -0.341 e. The molecule has 0 radical (unpaired) electrons. The molecule has 160 valence electrons. The van der Waals surface area contributed by atoms with Gasteiger partial charge in [-0.3, -0.25) is 14.3 Å². The molecule has 6 nitrogen and oxygen atoms in total. The van der Waals surface area contributed by atoms with Crippen molar-refractivity contribution in [1.82, 2.24) is 19.6 Å². The number of benzene rings is 1. The molecule has 1 fully saturated rings. The predicted molar refractivity (Wildman–Crippen MR) is 118 cm³/mol. The zero-order chi connectivity index (χ0) is 21.1. The van der Waals surface area contributed by atoms with Gasteiger partial charge in [-0.2, -0.15) is 5.10 Å². The van der Waals surface area contributed by atoms with Crippen molar-refractivity contribution >= 4 is 23.4 Å². The highest BCUT2D eigenvalue weighted by molar-refractivity contribution is 6.30. The number of nitrogens with zero attached hydrogens (tertiary/aromatic N) is 4. The summed E-state index contributed by atoms with van der Waals surface area (Å²) in [6.07, 6.45) is 6.43. The van der Waals surface area contributed by atoms with Crippen LogP contribution in [0.2, 0.25) is 5.02 Å². The minimum atomic E-state index is -0.109. The van der Waals surface area contributed by atoms with Gasteiger partial charge in [-0.1, -0.05) is 49.9 Å². The third-order valence-corrected chi connectivity index (χ3v) is 6.34. The Morgan fingerprint density at radius 2 is 1.90 bits per heavy atom. The third-order valence-electron chi connectivity index (χ3n) is 6.08. The van der Waals surface area contributed by atoms with E-state index in [0.717, 1.165) is 62.9 Å². The lowest BCUT2D eigenvalue weighted by atomic mass is 10.0. The first-order valence-electron chi connectivity index (χ1n) is 11.0. The van der Waals surface area contributed by atoms with Crippen LogP contribution in [0.15, 0.2) is 30.3 Å². The summed E-state index contributed by atoms with van der Waals surface area (Å²) in [5.41, 5.74) is 2.27. The van der Waals surface area contributed by atoms with Gasteiger partial charge in [0.25, 0.3) is 5.91 Å². The number of amides is 2. The summed E-state index contributed by atoms with van der Waals surface area (Å²) in [6.45, 7) is 4.49. The lowest BCUT2D eigenvalue weighted by Gasteiger charge is -2.34. The Bertz CT molecular complexity index is 902. The summed E-state index contributed by atoms with van der Waals surface area (Å²) >= 11 is 6.02.